The largest absolute Gasteiger partial charge is 0.351 e. The molecule has 0 aromatic carbocycles. The van der Waals surface area contributed by atoms with Crippen LogP contribution in [-0.4, -0.2) is 23.7 Å². The van der Waals surface area contributed by atoms with E-state index in [1.807, 2.05) is 0 Å². The summed E-state index contributed by atoms with van der Waals surface area (Å²) >= 11 is 0. The summed E-state index contributed by atoms with van der Waals surface area (Å²) in [5.41, 5.74) is 6.27. The number of amides is 1. The minimum Gasteiger partial charge on any atom is -0.351 e. The molecule has 0 aliphatic rings. The van der Waals surface area contributed by atoms with Crippen LogP contribution in [0.15, 0.2) is 10.7 Å². The molecule has 1 atom stereocenters. The van der Waals surface area contributed by atoms with Crippen LogP contribution in [-0.2, 0) is 0 Å². The summed E-state index contributed by atoms with van der Waals surface area (Å²) < 4.78 is 4.85. The second kappa shape index (κ2) is 5.50. The minimum absolute atomic E-state index is 0.00648. The van der Waals surface area contributed by atoms with Gasteiger partial charge in [0.1, 0.15) is 0 Å². The molecule has 0 fully saturated rings. The Morgan fingerprint density at radius 1 is 1.73 bits per heavy atom. The number of nitrogens with one attached hydrogen (secondary N) is 1. The van der Waals surface area contributed by atoms with Gasteiger partial charge >= 0.3 is 0 Å². The summed E-state index contributed by atoms with van der Waals surface area (Å²) in [6, 6.07) is 0.00648. The van der Waals surface area contributed by atoms with Crippen molar-refractivity contribution < 1.29 is 9.32 Å². The second-order valence-electron chi connectivity index (χ2n) is 3.53. The Morgan fingerprint density at radius 2 is 2.47 bits per heavy atom. The first kappa shape index (κ1) is 11.7. The SMILES string of the molecule is CCCC(CN)NC(=O)c1oncc1C. The van der Waals surface area contributed by atoms with Crippen LogP contribution in [0, 0.1) is 6.92 Å². The zero-order chi connectivity index (χ0) is 11.3. The maximum absolute atomic E-state index is 11.7. The van der Waals surface area contributed by atoms with Crippen molar-refractivity contribution >= 4 is 5.91 Å². The molecule has 0 aliphatic carbocycles. The van der Waals surface area contributed by atoms with E-state index in [1.165, 1.54) is 6.20 Å². The summed E-state index contributed by atoms with van der Waals surface area (Å²) in [7, 11) is 0. The van der Waals surface area contributed by atoms with E-state index >= 15 is 0 Å². The van der Waals surface area contributed by atoms with E-state index in [-0.39, 0.29) is 17.7 Å². The summed E-state index contributed by atoms with van der Waals surface area (Å²) in [6.07, 6.45) is 3.37. The standard InChI is InChI=1S/C10H17N3O2/c1-3-4-8(5-11)13-10(14)9-7(2)6-12-15-9/h6,8H,3-5,11H2,1-2H3,(H,13,14). The van der Waals surface area contributed by atoms with Crippen LogP contribution in [0.4, 0.5) is 0 Å². The van der Waals surface area contributed by atoms with Gasteiger partial charge in [0.15, 0.2) is 0 Å². The summed E-state index contributed by atoms with van der Waals surface area (Å²) in [5, 5.41) is 6.37. The average Bonchev–Trinajstić information content (AvgIpc) is 2.63. The van der Waals surface area contributed by atoms with Crippen LogP contribution in [0.25, 0.3) is 0 Å². The Balaban J connectivity index is 2.58. The van der Waals surface area contributed by atoms with Crippen LogP contribution in [0.5, 0.6) is 0 Å². The van der Waals surface area contributed by atoms with Gasteiger partial charge in [-0.15, -0.1) is 0 Å². The lowest BCUT2D eigenvalue weighted by molar-refractivity contribution is 0.0898. The molecule has 1 aromatic heterocycles. The normalized spacial score (nSPS) is 12.5. The van der Waals surface area contributed by atoms with Crippen LogP contribution in [0.2, 0.25) is 0 Å². The Bertz CT molecular complexity index is 322. The number of carbonyl (C=O) groups excluding carboxylic acids is 1. The summed E-state index contributed by atoms with van der Waals surface area (Å²) in [5.74, 6) is 0.0263. The first-order valence-electron chi connectivity index (χ1n) is 5.11. The van der Waals surface area contributed by atoms with Crippen LogP contribution in [0.3, 0.4) is 0 Å². The maximum atomic E-state index is 11.7. The maximum Gasteiger partial charge on any atom is 0.290 e. The lowest BCUT2D eigenvalue weighted by Crippen LogP contribution is -2.40. The quantitative estimate of drug-likeness (QED) is 0.756. The third kappa shape index (κ3) is 3.06. The molecule has 1 rings (SSSR count). The Labute approximate surface area is 89.0 Å². The highest BCUT2D eigenvalue weighted by Crippen LogP contribution is 2.06. The average molecular weight is 211 g/mol. The van der Waals surface area contributed by atoms with Crippen molar-refractivity contribution in [2.75, 3.05) is 6.54 Å². The highest BCUT2D eigenvalue weighted by atomic mass is 16.5. The van der Waals surface area contributed by atoms with E-state index in [0.29, 0.717) is 6.54 Å². The molecular formula is C10H17N3O2. The Morgan fingerprint density at radius 3 is 2.93 bits per heavy atom. The van der Waals surface area contributed by atoms with Gasteiger partial charge < -0.3 is 15.6 Å². The molecule has 0 radical (unpaired) electrons. The van der Waals surface area contributed by atoms with E-state index in [2.05, 4.69) is 17.4 Å². The topological polar surface area (TPSA) is 81.1 Å². The van der Waals surface area contributed by atoms with Crippen molar-refractivity contribution in [1.29, 1.82) is 0 Å². The number of hydrogen-bond acceptors (Lipinski definition) is 4. The number of carbonyl (C=O) groups is 1. The summed E-state index contributed by atoms with van der Waals surface area (Å²) in [6.45, 7) is 4.27. The molecule has 0 saturated heterocycles. The molecule has 84 valence electrons. The molecule has 0 bridgehead atoms. The molecule has 1 aromatic rings. The van der Waals surface area contributed by atoms with E-state index in [0.717, 1.165) is 18.4 Å². The molecule has 1 heterocycles. The van der Waals surface area contributed by atoms with E-state index < -0.39 is 0 Å². The van der Waals surface area contributed by atoms with Gasteiger partial charge in [-0.1, -0.05) is 18.5 Å². The molecule has 15 heavy (non-hydrogen) atoms. The predicted octanol–water partition coefficient (Wildman–Crippen LogP) is 0.840. The molecule has 0 aliphatic heterocycles. The first-order chi connectivity index (χ1) is 7.19. The molecule has 5 heteroatoms. The number of aryl methyl sites for hydroxylation is 1. The van der Waals surface area contributed by atoms with Crippen LogP contribution >= 0.6 is 0 Å². The third-order valence-corrected chi connectivity index (χ3v) is 2.21. The zero-order valence-electron chi connectivity index (χ0n) is 9.12. The van der Waals surface area contributed by atoms with Crippen molar-refractivity contribution in [1.82, 2.24) is 10.5 Å². The molecule has 1 unspecified atom stereocenters. The fourth-order valence-corrected chi connectivity index (χ4v) is 1.36. The van der Waals surface area contributed by atoms with Gasteiger partial charge in [0.05, 0.1) is 6.20 Å². The van der Waals surface area contributed by atoms with E-state index in [4.69, 9.17) is 10.3 Å². The number of nitrogens with zero attached hydrogens (tertiary/aromatic N) is 1. The monoisotopic (exact) mass is 211 g/mol. The fourth-order valence-electron chi connectivity index (χ4n) is 1.36. The van der Waals surface area contributed by atoms with Crippen molar-refractivity contribution in [3.05, 3.63) is 17.5 Å². The Kier molecular flexibility index (Phi) is 4.30. The van der Waals surface area contributed by atoms with Crippen molar-refractivity contribution in [3.63, 3.8) is 0 Å². The summed E-state index contributed by atoms with van der Waals surface area (Å²) in [4.78, 5) is 11.7. The van der Waals surface area contributed by atoms with Crippen LogP contribution in [0.1, 0.15) is 35.9 Å². The minimum atomic E-state index is -0.242. The molecule has 3 N–H and O–H groups in total. The second-order valence-corrected chi connectivity index (χ2v) is 3.53. The molecular weight excluding hydrogens is 194 g/mol. The highest BCUT2D eigenvalue weighted by molar-refractivity contribution is 5.92. The van der Waals surface area contributed by atoms with E-state index in [1.54, 1.807) is 6.92 Å². The van der Waals surface area contributed by atoms with Crippen LogP contribution < -0.4 is 11.1 Å². The predicted molar refractivity (Wildman–Crippen MR) is 56.5 cm³/mol. The van der Waals surface area contributed by atoms with Gasteiger partial charge in [0.2, 0.25) is 5.76 Å². The van der Waals surface area contributed by atoms with E-state index in [9.17, 15) is 4.79 Å². The number of nitrogens with two attached hydrogens (primary N) is 1. The van der Waals surface area contributed by atoms with Crippen molar-refractivity contribution in [3.8, 4) is 0 Å². The van der Waals surface area contributed by atoms with Crippen molar-refractivity contribution in [2.24, 2.45) is 5.73 Å². The molecule has 5 nitrogen and oxygen atoms in total. The lowest BCUT2D eigenvalue weighted by atomic mass is 10.1. The first-order valence-corrected chi connectivity index (χ1v) is 5.11. The van der Waals surface area contributed by atoms with Gasteiger partial charge in [0, 0.05) is 18.2 Å². The highest BCUT2D eigenvalue weighted by Gasteiger charge is 2.17. The van der Waals surface area contributed by atoms with Gasteiger partial charge in [-0.3, -0.25) is 4.79 Å². The van der Waals surface area contributed by atoms with Gasteiger partial charge in [0.25, 0.3) is 5.91 Å². The van der Waals surface area contributed by atoms with Crippen molar-refractivity contribution in [2.45, 2.75) is 32.7 Å². The van der Waals surface area contributed by atoms with Gasteiger partial charge in [-0.05, 0) is 13.3 Å². The zero-order valence-corrected chi connectivity index (χ0v) is 9.12. The smallest absolute Gasteiger partial charge is 0.290 e. The fraction of sp³-hybridized carbons (Fsp3) is 0.600. The lowest BCUT2D eigenvalue weighted by Gasteiger charge is -2.14. The third-order valence-electron chi connectivity index (χ3n) is 2.21. The number of rotatable bonds is 5. The number of aromatic nitrogens is 1. The number of hydrogen-bond donors (Lipinski definition) is 2. The Hall–Kier alpha value is -1.36. The van der Waals surface area contributed by atoms with Gasteiger partial charge in [-0.2, -0.15) is 0 Å². The molecule has 0 saturated carbocycles. The van der Waals surface area contributed by atoms with Gasteiger partial charge in [-0.25, -0.2) is 0 Å². The molecule has 0 spiro atoms. The molecule has 1 amide bonds.